The molecule has 1 aromatic carbocycles. The maximum absolute atomic E-state index is 12.6. The van der Waals surface area contributed by atoms with Gasteiger partial charge in [0.15, 0.2) is 0 Å². The standard InChI is InChI=1S/C20H28N2O2/c1-15-7-9-16(10-8-15)13-14-21-20(24)18-11-12-19(23)22(18)17-5-3-2-4-6-17/h7-10,17-18H,2-6,11-14H2,1H3,(H,21,24). The van der Waals surface area contributed by atoms with Gasteiger partial charge in [0, 0.05) is 19.0 Å². The van der Waals surface area contributed by atoms with E-state index < -0.39 is 0 Å². The summed E-state index contributed by atoms with van der Waals surface area (Å²) < 4.78 is 0. The van der Waals surface area contributed by atoms with E-state index in [0.717, 1.165) is 19.3 Å². The lowest BCUT2D eigenvalue weighted by Gasteiger charge is -2.35. The Morgan fingerprint density at radius 3 is 2.54 bits per heavy atom. The Morgan fingerprint density at radius 1 is 1.12 bits per heavy atom. The van der Waals surface area contributed by atoms with Gasteiger partial charge < -0.3 is 10.2 Å². The Hall–Kier alpha value is -1.84. The third kappa shape index (κ3) is 3.97. The summed E-state index contributed by atoms with van der Waals surface area (Å²) in [6.07, 6.45) is 7.74. The van der Waals surface area contributed by atoms with Crippen molar-refractivity contribution in [2.45, 2.75) is 70.4 Å². The van der Waals surface area contributed by atoms with Gasteiger partial charge in [0.05, 0.1) is 0 Å². The number of nitrogens with one attached hydrogen (secondary N) is 1. The summed E-state index contributed by atoms with van der Waals surface area (Å²) in [6.45, 7) is 2.70. The quantitative estimate of drug-likeness (QED) is 0.903. The molecule has 2 amide bonds. The molecule has 0 bridgehead atoms. The molecule has 1 aromatic rings. The molecule has 1 unspecified atom stereocenters. The summed E-state index contributed by atoms with van der Waals surface area (Å²) in [6, 6.07) is 8.43. The van der Waals surface area contributed by atoms with Gasteiger partial charge in [-0.1, -0.05) is 49.1 Å². The molecule has 1 heterocycles. The topological polar surface area (TPSA) is 49.4 Å². The SMILES string of the molecule is Cc1ccc(CCNC(=O)C2CCC(=O)N2C2CCCCC2)cc1. The summed E-state index contributed by atoms with van der Waals surface area (Å²) in [7, 11) is 0. The Balaban J connectivity index is 1.53. The highest BCUT2D eigenvalue weighted by Crippen LogP contribution is 2.30. The smallest absolute Gasteiger partial charge is 0.242 e. The minimum absolute atomic E-state index is 0.0264. The summed E-state index contributed by atoms with van der Waals surface area (Å²) in [5.74, 6) is 0.194. The number of benzene rings is 1. The number of carbonyl (C=O) groups excluding carboxylic acids is 2. The zero-order chi connectivity index (χ0) is 16.9. The molecule has 0 radical (unpaired) electrons. The number of amides is 2. The first-order valence-corrected chi connectivity index (χ1v) is 9.29. The van der Waals surface area contributed by atoms with Gasteiger partial charge >= 0.3 is 0 Å². The van der Waals surface area contributed by atoms with E-state index in [1.54, 1.807) is 0 Å². The van der Waals surface area contributed by atoms with Crippen LogP contribution in [0.25, 0.3) is 0 Å². The van der Waals surface area contributed by atoms with Gasteiger partial charge in [-0.05, 0) is 38.2 Å². The second-order valence-electron chi connectivity index (χ2n) is 7.17. The second kappa shape index (κ2) is 7.82. The zero-order valence-electron chi connectivity index (χ0n) is 14.6. The van der Waals surface area contributed by atoms with Crippen LogP contribution in [0.5, 0.6) is 0 Å². The molecule has 130 valence electrons. The molecule has 1 N–H and O–H groups in total. The monoisotopic (exact) mass is 328 g/mol. The van der Waals surface area contributed by atoms with Crippen LogP contribution in [0.15, 0.2) is 24.3 Å². The van der Waals surface area contributed by atoms with Crippen molar-refractivity contribution < 1.29 is 9.59 Å². The van der Waals surface area contributed by atoms with Gasteiger partial charge in [0.2, 0.25) is 11.8 Å². The van der Waals surface area contributed by atoms with Gasteiger partial charge in [-0.3, -0.25) is 9.59 Å². The maximum atomic E-state index is 12.6. The molecule has 24 heavy (non-hydrogen) atoms. The van der Waals surface area contributed by atoms with Crippen LogP contribution in [-0.2, 0) is 16.0 Å². The molecule has 4 nitrogen and oxygen atoms in total. The Kier molecular flexibility index (Phi) is 5.54. The fourth-order valence-electron chi connectivity index (χ4n) is 3.98. The number of likely N-dealkylation sites (tertiary alicyclic amines) is 1. The highest BCUT2D eigenvalue weighted by molar-refractivity contribution is 5.91. The van der Waals surface area contributed by atoms with Crippen LogP contribution >= 0.6 is 0 Å². The highest BCUT2D eigenvalue weighted by Gasteiger charge is 2.40. The van der Waals surface area contributed by atoms with Crippen molar-refractivity contribution in [1.29, 1.82) is 0 Å². The van der Waals surface area contributed by atoms with E-state index >= 15 is 0 Å². The van der Waals surface area contributed by atoms with Crippen molar-refractivity contribution in [3.8, 4) is 0 Å². The van der Waals surface area contributed by atoms with E-state index in [1.165, 1.54) is 30.4 Å². The highest BCUT2D eigenvalue weighted by atomic mass is 16.2. The fraction of sp³-hybridized carbons (Fsp3) is 0.600. The van der Waals surface area contributed by atoms with Gasteiger partial charge in [-0.2, -0.15) is 0 Å². The molecule has 3 rings (SSSR count). The summed E-state index contributed by atoms with van der Waals surface area (Å²) >= 11 is 0. The Morgan fingerprint density at radius 2 is 1.83 bits per heavy atom. The molecule has 4 heteroatoms. The average molecular weight is 328 g/mol. The molecule has 1 saturated carbocycles. The average Bonchev–Trinajstić information content (AvgIpc) is 2.99. The largest absolute Gasteiger partial charge is 0.354 e. The first kappa shape index (κ1) is 17.0. The molecule has 1 saturated heterocycles. The first-order valence-electron chi connectivity index (χ1n) is 9.29. The molecule has 0 aromatic heterocycles. The number of nitrogens with zero attached hydrogens (tertiary/aromatic N) is 1. The molecule has 1 aliphatic carbocycles. The van der Waals surface area contributed by atoms with Crippen LogP contribution < -0.4 is 5.32 Å². The lowest BCUT2D eigenvalue weighted by Crippen LogP contribution is -2.50. The van der Waals surface area contributed by atoms with E-state index in [9.17, 15) is 9.59 Å². The minimum Gasteiger partial charge on any atom is -0.354 e. The van der Waals surface area contributed by atoms with Gasteiger partial charge in [-0.25, -0.2) is 0 Å². The maximum Gasteiger partial charge on any atom is 0.242 e. The van der Waals surface area contributed by atoms with Crippen molar-refractivity contribution in [1.82, 2.24) is 10.2 Å². The minimum atomic E-state index is -0.251. The normalized spacial score (nSPS) is 22.0. The Labute approximate surface area is 144 Å². The van der Waals surface area contributed by atoms with Crippen molar-refractivity contribution >= 4 is 11.8 Å². The molecule has 1 atom stereocenters. The predicted molar refractivity (Wildman–Crippen MR) is 94.6 cm³/mol. The molecular weight excluding hydrogens is 300 g/mol. The van der Waals surface area contributed by atoms with E-state index in [4.69, 9.17) is 0 Å². The van der Waals surface area contributed by atoms with Crippen molar-refractivity contribution in [2.24, 2.45) is 0 Å². The molecule has 2 aliphatic rings. The number of carbonyl (C=O) groups is 2. The fourth-order valence-corrected chi connectivity index (χ4v) is 3.98. The van der Waals surface area contributed by atoms with E-state index in [1.807, 2.05) is 4.90 Å². The van der Waals surface area contributed by atoms with Crippen LogP contribution in [0.3, 0.4) is 0 Å². The second-order valence-corrected chi connectivity index (χ2v) is 7.17. The Bertz CT molecular complexity index is 576. The van der Waals surface area contributed by atoms with Crippen LogP contribution in [0, 0.1) is 6.92 Å². The zero-order valence-corrected chi connectivity index (χ0v) is 14.6. The summed E-state index contributed by atoms with van der Waals surface area (Å²) in [4.78, 5) is 26.7. The third-order valence-electron chi connectivity index (χ3n) is 5.36. The van der Waals surface area contributed by atoms with Crippen molar-refractivity contribution in [3.05, 3.63) is 35.4 Å². The lowest BCUT2D eigenvalue weighted by molar-refractivity contribution is -0.138. The van der Waals surface area contributed by atoms with Gasteiger partial charge in [0.1, 0.15) is 6.04 Å². The predicted octanol–water partition coefficient (Wildman–Crippen LogP) is 2.98. The number of aryl methyl sites for hydroxylation is 1. The molecule has 1 aliphatic heterocycles. The van der Waals surface area contributed by atoms with Crippen LogP contribution in [0.4, 0.5) is 0 Å². The van der Waals surface area contributed by atoms with E-state index in [0.29, 0.717) is 19.4 Å². The molecular formula is C20H28N2O2. The van der Waals surface area contributed by atoms with E-state index in [-0.39, 0.29) is 23.9 Å². The van der Waals surface area contributed by atoms with Crippen LogP contribution in [0.2, 0.25) is 0 Å². The summed E-state index contributed by atoms with van der Waals surface area (Å²) in [5.41, 5.74) is 2.47. The molecule has 0 spiro atoms. The van der Waals surface area contributed by atoms with Crippen LogP contribution in [0.1, 0.15) is 56.1 Å². The molecule has 2 fully saturated rings. The van der Waals surface area contributed by atoms with Gasteiger partial charge in [-0.15, -0.1) is 0 Å². The number of hydrogen-bond donors (Lipinski definition) is 1. The van der Waals surface area contributed by atoms with Crippen molar-refractivity contribution in [2.75, 3.05) is 6.54 Å². The summed E-state index contributed by atoms with van der Waals surface area (Å²) in [5, 5.41) is 3.04. The van der Waals surface area contributed by atoms with Gasteiger partial charge in [0.25, 0.3) is 0 Å². The third-order valence-corrected chi connectivity index (χ3v) is 5.36. The van der Waals surface area contributed by atoms with Crippen molar-refractivity contribution in [3.63, 3.8) is 0 Å². The van der Waals surface area contributed by atoms with E-state index in [2.05, 4.69) is 36.5 Å². The van der Waals surface area contributed by atoms with Crippen LogP contribution in [-0.4, -0.2) is 35.3 Å². The number of hydrogen-bond acceptors (Lipinski definition) is 2. The lowest BCUT2D eigenvalue weighted by atomic mass is 9.93. The first-order chi connectivity index (χ1) is 11.6. The number of rotatable bonds is 5.